The topological polar surface area (TPSA) is 124 Å². The van der Waals surface area contributed by atoms with Gasteiger partial charge in [0.2, 0.25) is 0 Å². The molecule has 0 fully saturated rings. The normalized spacial score (nSPS) is 12.3. The van der Waals surface area contributed by atoms with E-state index >= 15 is 0 Å². The lowest BCUT2D eigenvalue weighted by Gasteiger charge is -2.43. The van der Waals surface area contributed by atoms with Crippen LogP contribution in [0.4, 0.5) is 5.69 Å². The number of nitrogens with one attached hydrogen (secondary N) is 1. The second kappa shape index (κ2) is 12.8. The van der Waals surface area contributed by atoms with Crippen molar-refractivity contribution >= 4 is 63.2 Å². The maximum absolute atomic E-state index is 14.4. The molecular formula is C30H31Cl2N2O6PS. The number of fused-ring (bicyclic) bond motifs is 1. The summed E-state index contributed by atoms with van der Waals surface area (Å²) < 4.78 is 42.7. The predicted octanol–water partition coefficient (Wildman–Crippen LogP) is 7.01. The van der Waals surface area contributed by atoms with Crippen LogP contribution in [0.1, 0.15) is 42.6 Å². The van der Waals surface area contributed by atoms with Gasteiger partial charge in [-0.1, -0.05) is 91.6 Å². The summed E-state index contributed by atoms with van der Waals surface area (Å²) in [6, 6.07) is 23.0. The summed E-state index contributed by atoms with van der Waals surface area (Å²) in [6.07, 6.45) is 0.198. The first-order valence-corrected chi connectivity index (χ1v) is 17.1. The highest BCUT2D eigenvalue weighted by Crippen LogP contribution is 2.59. The van der Waals surface area contributed by atoms with E-state index in [9.17, 15) is 27.6 Å². The number of hydrogen-bond donors (Lipinski definition) is 3. The van der Waals surface area contributed by atoms with Crippen molar-refractivity contribution in [2.24, 2.45) is 0 Å². The number of amides is 1. The molecule has 0 aliphatic carbocycles. The van der Waals surface area contributed by atoms with Gasteiger partial charge < -0.3 is 15.1 Å². The Balaban J connectivity index is 1.89. The highest BCUT2D eigenvalue weighted by molar-refractivity contribution is 7.93. The van der Waals surface area contributed by atoms with Gasteiger partial charge in [-0.3, -0.25) is 9.36 Å². The quantitative estimate of drug-likeness (QED) is 0.150. The van der Waals surface area contributed by atoms with Crippen LogP contribution in [0, 0.1) is 0 Å². The first-order chi connectivity index (χ1) is 19.9. The summed E-state index contributed by atoms with van der Waals surface area (Å²) in [5.74, 6) is -0.364. The molecule has 0 heterocycles. The molecule has 0 aromatic heterocycles. The number of carbonyl (C=O) groups is 1. The van der Waals surface area contributed by atoms with E-state index in [0.29, 0.717) is 29.3 Å². The molecule has 0 unspecified atom stereocenters. The van der Waals surface area contributed by atoms with Gasteiger partial charge in [0.1, 0.15) is 0 Å². The lowest BCUT2D eigenvalue weighted by molar-refractivity contribution is 0.0955. The summed E-state index contributed by atoms with van der Waals surface area (Å²) in [4.78, 5) is 34.3. The molecule has 4 aromatic carbocycles. The van der Waals surface area contributed by atoms with Crippen LogP contribution in [0.2, 0.25) is 10.0 Å². The Morgan fingerprint density at radius 2 is 1.48 bits per heavy atom. The highest BCUT2D eigenvalue weighted by atomic mass is 35.5. The van der Waals surface area contributed by atoms with E-state index in [4.69, 9.17) is 23.2 Å². The zero-order valence-corrected chi connectivity index (χ0v) is 26.2. The molecule has 1 amide bonds. The third kappa shape index (κ3) is 6.23. The van der Waals surface area contributed by atoms with Crippen LogP contribution in [0.15, 0.2) is 89.8 Å². The second-order valence-electron chi connectivity index (χ2n) is 9.78. The van der Waals surface area contributed by atoms with Crippen molar-refractivity contribution in [2.75, 3.05) is 10.8 Å². The highest BCUT2D eigenvalue weighted by Gasteiger charge is 2.54. The summed E-state index contributed by atoms with van der Waals surface area (Å²) in [6.45, 7) is 3.42. The molecule has 0 saturated carbocycles. The summed E-state index contributed by atoms with van der Waals surface area (Å²) in [7, 11) is -9.78. The van der Waals surface area contributed by atoms with E-state index in [2.05, 4.69) is 5.32 Å². The Bertz CT molecular complexity index is 1740. The maximum Gasteiger partial charge on any atom is 0.351 e. The van der Waals surface area contributed by atoms with Gasteiger partial charge in [-0.15, -0.1) is 0 Å². The molecule has 4 rings (SSSR count). The minimum atomic E-state index is -5.12. The fourth-order valence-corrected chi connectivity index (χ4v) is 9.51. The van der Waals surface area contributed by atoms with E-state index in [0.717, 1.165) is 9.87 Å². The number of benzene rings is 4. The van der Waals surface area contributed by atoms with Crippen molar-refractivity contribution in [3.05, 3.63) is 106 Å². The van der Waals surface area contributed by atoms with E-state index in [1.54, 1.807) is 30.3 Å². The number of hydrogen-bond acceptors (Lipinski definition) is 4. The van der Waals surface area contributed by atoms with E-state index in [1.807, 2.05) is 30.3 Å². The van der Waals surface area contributed by atoms with Gasteiger partial charge >= 0.3 is 7.60 Å². The number of carbonyl (C=O) groups excluding carboxylic acids is 1. The smallest absolute Gasteiger partial charge is 0.351 e. The minimum Gasteiger partial charge on any atom is -0.352 e. The van der Waals surface area contributed by atoms with Crippen LogP contribution in [0.5, 0.6) is 0 Å². The Kier molecular flexibility index (Phi) is 9.72. The van der Waals surface area contributed by atoms with E-state index in [1.165, 1.54) is 38.1 Å². The number of sulfonamides is 1. The lowest BCUT2D eigenvalue weighted by atomic mass is 10.0. The van der Waals surface area contributed by atoms with Crippen LogP contribution in [0.25, 0.3) is 10.8 Å². The molecule has 0 spiro atoms. The van der Waals surface area contributed by atoms with Crippen molar-refractivity contribution in [3.63, 3.8) is 0 Å². The van der Waals surface area contributed by atoms with Crippen LogP contribution >= 0.6 is 30.8 Å². The fraction of sp³-hybridized carbons (Fsp3) is 0.233. The van der Waals surface area contributed by atoms with Crippen LogP contribution in [-0.2, 0) is 21.0 Å². The predicted molar refractivity (Wildman–Crippen MR) is 168 cm³/mol. The summed E-state index contributed by atoms with van der Waals surface area (Å²) in [5, 5.41) is 1.59. The average molecular weight is 650 g/mol. The van der Waals surface area contributed by atoms with Crippen LogP contribution < -0.4 is 9.62 Å². The van der Waals surface area contributed by atoms with Gasteiger partial charge in [-0.25, -0.2) is 12.7 Å². The zero-order valence-electron chi connectivity index (χ0n) is 23.0. The largest absolute Gasteiger partial charge is 0.352 e. The Morgan fingerprint density at radius 3 is 2.07 bits per heavy atom. The number of rotatable bonds is 11. The van der Waals surface area contributed by atoms with Gasteiger partial charge in [-0.05, 0) is 60.5 Å². The van der Waals surface area contributed by atoms with Gasteiger partial charge in [0.05, 0.1) is 10.6 Å². The molecule has 4 aromatic rings. The van der Waals surface area contributed by atoms with Gasteiger partial charge in [0.25, 0.3) is 15.9 Å². The first-order valence-electron chi connectivity index (χ1n) is 13.3. The molecule has 0 radical (unpaired) electrons. The zero-order chi connectivity index (χ0) is 30.7. The average Bonchev–Trinajstić information content (AvgIpc) is 2.94. The molecule has 0 atom stereocenters. The van der Waals surface area contributed by atoms with Crippen LogP contribution in [-0.4, -0.2) is 35.9 Å². The molecule has 0 aliphatic heterocycles. The third-order valence-corrected chi connectivity index (χ3v) is 11.7. The molecule has 0 bridgehead atoms. The van der Waals surface area contributed by atoms with Gasteiger partial charge in [0.15, 0.2) is 5.28 Å². The molecule has 42 heavy (non-hydrogen) atoms. The second-order valence-corrected chi connectivity index (χ2v) is 14.4. The molecular weight excluding hydrogens is 618 g/mol. The fourth-order valence-electron chi connectivity index (χ4n) is 5.16. The number of halogens is 2. The Hall–Kier alpha value is -2.91. The van der Waals surface area contributed by atoms with E-state index in [-0.39, 0.29) is 39.4 Å². The van der Waals surface area contributed by atoms with Crippen molar-refractivity contribution in [2.45, 2.75) is 43.3 Å². The maximum atomic E-state index is 14.4. The van der Waals surface area contributed by atoms with Gasteiger partial charge in [-0.2, -0.15) is 0 Å². The minimum absolute atomic E-state index is 0.00885. The van der Waals surface area contributed by atoms with Gasteiger partial charge in [0, 0.05) is 27.5 Å². The summed E-state index contributed by atoms with van der Waals surface area (Å²) >= 11 is 12.3. The molecule has 222 valence electrons. The molecule has 12 heteroatoms. The molecule has 3 N–H and O–H groups in total. The van der Waals surface area contributed by atoms with E-state index < -0.39 is 22.9 Å². The van der Waals surface area contributed by atoms with Crippen molar-refractivity contribution < 1.29 is 27.6 Å². The standard InChI is InChI=1S/C30H31Cl2N2O6PS/c1-3-30(4-2,41(36,37)38)34(42(39,40)24-19-22(31)18-23(32)20-24)28-15-9-12-25-26(28)13-8-14-27(25)29(35)33-17-16-21-10-6-5-7-11-21/h5-15,18-20H,3-4,16-17H2,1-2H3,(H,33,35)(H2,36,37,38). The van der Waals surface area contributed by atoms with Crippen molar-refractivity contribution in [1.29, 1.82) is 0 Å². The lowest BCUT2D eigenvalue weighted by Crippen LogP contribution is -2.51. The molecule has 0 aliphatic rings. The Morgan fingerprint density at radius 1 is 0.881 bits per heavy atom. The summed E-state index contributed by atoms with van der Waals surface area (Å²) in [5.41, 5.74) is 1.36. The third-order valence-electron chi connectivity index (χ3n) is 7.33. The van der Waals surface area contributed by atoms with Crippen molar-refractivity contribution in [3.8, 4) is 0 Å². The molecule has 0 saturated heterocycles. The monoisotopic (exact) mass is 648 g/mol. The Labute approximate surface area is 255 Å². The first kappa shape index (κ1) is 32.0. The van der Waals surface area contributed by atoms with Crippen molar-refractivity contribution in [1.82, 2.24) is 5.32 Å². The number of anilines is 1. The SMILES string of the molecule is CCC(CC)(N(c1cccc2c(C(=O)NCCc3ccccc3)cccc12)S(=O)(=O)c1cc(Cl)cc(Cl)c1)P(=O)(O)O. The van der Waals surface area contributed by atoms with Crippen LogP contribution in [0.3, 0.4) is 0 Å². The molecule has 8 nitrogen and oxygen atoms in total. The number of nitrogens with zero attached hydrogens (tertiary/aromatic N) is 1.